The molecule has 1 aromatic rings. The highest BCUT2D eigenvalue weighted by Gasteiger charge is 2.15. The lowest BCUT2D eigenvalue weighted by atomic mass is 10.2. The Morgan fingerprint density at radius 3 is 2.43 bits per heavy atom. The van der Waals surface area contributed by atoms with E-state index in [9.17, 15) is 9.59 Å². The monoisotopic (exact) mass is 317 g/mol. The Labute approximate surface area is 138 Å². The van der Waals surface area contributed by atoms with Crippen molar-refractivity contribution in [3.8, 4) is 0 Å². The topological polar surface area (TPSA) is 52.7 Å². The van der Waals surface area contributed by atoms with E-state index < -0.39 is 0 Å². The molecule has 0 unspecified atom stereocenters. The van der Waals surface area contributed by atoms with Crippen LogP contribution in [0.1, 0.15) is 39.0 Å². The van der Waals surface area contributed by atoms with Crippen molar-refractivity contribution in [2.45, 2.75) is 39.0 Å². The molecule has 5 nitrogen and oxygen atoms in total. The number of nitrogens with one attached hydrogen (secondary N) is 1. The predicted molar refractivity (Wildman–Crippen MR) is 93.7 cm³/mol. The van der Waals surface area contributed by atoms with E-state index in [1.54, 1.807) is 11.9 Å². The summed E-state index contributed by atoms with van der Waals surface area (Å²) in [5.41, 5.74) is 1.93. The Hall–Kier alpha value is -2.04. The molecule has 2 rings (SSSR count). The number of unbranched alkanes of at least 4 members (excludes halogenated alkanes) is 1. The second kappa shape index (κ2) is 8.56. The normalized spacial score (nSPS) is 13.9. The molecule has 1 aromatic carbocycles. The lowest BCUT2D eigenvalue weighted by molar-refractivity contribution is -0.133. The van der Waals surface area contributed by atoms with Gasteiger partial charge in [-0.2, -0.15) is 0 Å². The predicted octanol–water partition coefficient (Wildman–Crippen LogP) is 2.87. The van der Waals surface area contributed by atoms with E-state index in [1.807, 2.05) is 24.3 Å². The van der Waals surface area contributed by atoms with Gasteiger partial charge in [0.2, 0.25) is 11.8 Å². The standard InChI is InChI=1S/C18H27N3O2/c1-3-4-11-20(2)18(23)14-17(22)19-15-7-9-16(10-8-15)21-12-5-6-13-21/h7-10H,3-6,11-14H2,1-2H3,(H,19,22). The molecule has 1 saturated heterocycles. The summed E-state index contributed by atoms with van der Waals surface area (Å²) in [6, 6.07) is 7.85. The van der Waals surface area contributed by atoms with Gasteiger partial charge in [-0.3, -0.25) is 9.59 Å². The molecule has 0 aromatic heterocycles. The number of hydrogen-bond donors (Lipinski definition) is 1. The van der Waals surface area contributed by atoms with Gasteiger partial charge in [-0.05, 0) is 43.5 Å². The fourth-order valence-corrected chi connectivity index (χ4v) is 2.73. The average Bonchev–Trinajstić information content (AvgIpc) is 3.07. The van der Waals surface area contributed by atoms with Gasteiger partial charge >= 0.3 is 0 Å². The van der Waals surface area contributed by atoms with E-state index in [2.05, 4.69) is 17.1 Å². The van der Waals surface area contributed by atoms with Gasteiger partial charge in [0, 0.05) is 38.1 Å². The Morgan fingerprint density at radius 2 is 1.83 bits per heavy atom. The van der Waals surface area contributed by atoms with Crippen molar-refractivity contribution < 1.29 is 9.59 Å². The molecule has 1 heterocycles. The molecule has 0 spiro atoms. The fraction of sp³-hybridized carbons (Fsp3) is 0.556. The zero-order chi connectivity index (χ0) is 16.7. The van der Waals surface area contributed by atoms with Crippen LogP contribution in [0.2, 0.25) is 0 Å². The third-order valence-electron chi connectivity index (χ3n) is 4.21. The van der Waals surface area contributed by atoms with Crippen LogP contribution in [0.25, 0.3) is 0 Å². The number of rotatable bonds is 7. The average molecular weight is 317 g/mol. The highest BCUT2D eigenvalue weighted by molar-refractivity contribution is 6.03. The number of benzene rings is 1. The molecule has 1 N–H and O–H groups in total. The summed E-state index contributed by atoms with van der Waals surface area (Å²) in [5.74, 6) is -0.392. The third-order valence-corrected chi connectivity index (χ3v) is 4.21. The molecule has 1 fully saturated rings. The van der Waals surface area contributed by atoms with E-state index >= 15 is 0 Å². The van der Waals surface area contributed by atoms with Crippen LogP contribution in [0.3, 0.4) is 0 Å². The van der Waals surface area contributed by atoms with Crippen molar-refractivity contribution >= 4 is 23.2 Å². The first-order valence-corrected chi connectivity index (χ1v) is 8.49. The van der Waals surface area contributed by atoms with Crippen molar-refractivity contribution in [1.82, 2.24) is 4.90 Å². The second-order valence-corrected chi connectivity index (χ2v) is 6.13. The summed E-state index contributed by atoms with van der Waals surface area (Å²) in [4.78, 5) is 27.9. The van der Waals surface area contributed by atoms with Crippen LogP contribution in [0.4, 0.5) is 11.4 Å². The minimum atomic E-state index is -0.257. The van der Waals surface area contributed by atoms with Crippen LogP contribution >= 0.6 is 0 Å². The van der Waals surface area contributed by atoms with E-state index in [1.165, 1.54) is 18.5 Å². The van der Waals surface area contributed by atoms with Gasteiger partial charge < -0.3 is 15.1 Å². The molecule has 5 heteroatoms. The molecule has 1 aliphatic rings. The smallest absolute Gasteiger partial charge is 0.233 e. The first-order chi connectivity index (χ1) is 11.1. The van der Waals surface area contributed by atoms with E-state index in [-0.39, 0.29) is 18.2 Å². The molecule has 0 aliphatic carbocycles. The molecule has 0 bridgehead atoms. The summed E-state index contributed by atoms with van der Waals surface area (Å²) in [6.45, 7) is 4.98. The van der Waals surface area contributed by atoms with E-state index in [4.69, 9.17) is 0 Å². The zero-order valence-electron chi connectivity index (χ0n) is 14.2. The molecule has 23 heavy (non-hydrogen) atoms. The van der Waals surface area contributed by atoms with Crippen LogP contribution < -0.4 is 10.2 Å². The first-order valence-electron chi connectivity index (χ1n) is 8.49. The number of hydrogen-bond acceptors (Lipinski definition) is 3. The molecule has 1 aliphatic heterocycles. The maximum atomic E-state index is 12.0. The number of amides is 2. The number of anilines is 2. The van der Waals surface area contributed by atoms with Gasteiger partial charge in [0.1, 0.15) is 6.42 Å². The molecule has 126 valence electrons. The molecule has 0 saturated carbocycles. The highest BCUT2D eigenvalue weighted by Crippen LogP contribution is 2.22. The molecular formula is C18H27N3O2. The summed E-state index contributed by atoms with van der Waals surface area (Å²) in [6.07, 6.45) is 4.38. The third kappa shape index (κ3) is 5.27. The minimum Gasteiger partial charge on any atom is -0.372 e. The first kappa shape index (κ1) is 17.3. The number of carbonyl (C=O) groups excluding carboxylic acids is 2. The summed E-state index contributed by atoms with van der Waals surface area (Å²) < 4.78 is 0. The Bertz CT molecular complexity index is 522. The van der Waals surface area contributed by atoms with Gasteiger partial charge in [-0.25, -0.2) is 0 Å². The SMILES string of the molecule is CCCCN(C)C(=O)CC(=O)Nc1ccc(N2CCCC2)cc1. The van der Waals surface area contributed by atoms with Gasteiger partial charge in [0.25, 0.3) is 0 Å². The minimum absolute atomic E-state index is 0.103. The van der Waals surface area contributed by atoms with Crippen LogP contribution in [0.15, 0.2) is 24.3 Å². The molecule has 0 atom stereocenters. The fourth-order valence-electron chi connectivity index (χ4n) is 2.73. The van der Waals surface area contributed by atoms with Gasteiger partial charge in [0.05, 0.1) is 0 Å². The number of nitrogens with zero attached hydrogens (tertiary/aromatic N) is 2. The number of carbonyl (C=O) groups is 2. The van der Waals surface area contributed by atoms with Crippen molar-refractivity contribution in [3.63, 3.8) is 0 Å². The summed E-state index contributed by atoms with van der Waals surface area (Å²) >= 11 is 0. The lowest BCUT2D eigenvalue weighted by Crippen LogP contribution is -2.31. The Balaban J connectivity index is 1.81. The maximum absolute atomic E-state index is 12.0. The Morgan fingerprint density at radius 1 is 1.17 bits per heavy atom. The maximum Gasteiger partial charge on any atom is 0.233 e. The Kier molecular flexibility index (Phi) is 6.44. The molecular weight excluding hydrogens is 290 g/mol. The van der Waals surface area contributed by atoms with Crippen molar-refractivity contribution in [3.05, 3.63) is 24.3 Å². The van der Waals surface area contributed by atoms with E-state index in [0.29, 0.717) is 6.54 Å². The van der Waals surface area contributed by atoms with Gasteiger partial charge in [-0.15, -0.1) is 0 Å². The van der Waals surface area contributed by atoms with Gasteiger partial charge in [0.15, 0.2) is 0 Å². The van der Waals surface area contributed by atoms with Crippen LogP contribution in [0, 0.1) is 0 Å². The van der Waals surface area contributed by atoms with Crippen molar-refractivity contribution in [2.24, 2.45) is 0 Å². The lowest BCUT2D eigenvalue weighted by Gasteiger charge is -2.18. The van der Waals surface area contributed by atoms with Crippen molar-refractivity contribution in [1.29, 1.82) is 0 Å². The molecule has 0 radical (unpaired) electrons. The quantitative estimate of drug-likeness (QED) is 0.787. The highest BCUT2D eigenvalue weighted by atomic mass is 16.2. The zero-order valence-corrected chi connectivity index (χ0v) is 14.2. The largest absolute Gasteiger partial charge is 0.372 e. The summed E-state index contributed by atoms with van der Waals surface area (Å²) in [7, 11) is 1.75. The van der Waals surface area contributed by atoms with Gasteiger partial charge in [-0.1, -0.05) is 13.3 Å². The van der Waals surface area contributed by atoms with E-state index in [0.717, 1.165) is 31.6 Å². The summed E-state index contributed by atoms with van der Waals surface area (Å²) in [5, 5.41) is 2.80. The van der Waals surface area contributed by atoms with Crippen molar-refractivity contribution in [2.75, 3.05) is 36.9 Å². The second-order valence-electron chi connectivity index (χ2n) is 6.13. The molecule has 2 amide bonds. The van der Waals surface area contributed by atoms with Crippen LogP contribution in [-0.2, 0) is 9.59 Å². The van der Waals surface area contributed by atoms with Crippen LogP contribution in [0.5, 0.6) is 0 Å². The van der Waals surface area contributed by atoms with Crippen LogP contribution in [-0.4, -0.2) is 43.4 Å².